The van der Waals surface area contributed by atoms with E-state index < -0.39 is 11.7 Å². The predicted molar refractivity (Wildman–Crippen MR) is 122 cm³/mol. The van der Waals surface area contributed by atoms with Gasteiger partial charge in [0.2, 0.25) is 5.91 Å². The highest BCUT2D eigenvalue weighted by atomic mass is 19.4. The van der Waals surface area contributed by atoms with E-state index in [4.69, 9.17) is 0 Å². The fourth-order valence-electron chi connectivity index (χ4n) is 6.10. The Bertz CT molecular complexity index is 957. The molecule has 176 valence electrons. The first-order valence-corrected chi connectivity index (χ1v) is 12.1. The average molecular weight is 457 g/mol. The number of amides is 1. The van der Waals surface area contributed by atoms with Gasteiger partial charge in [-0.3, -0.25) is 9.69 Å². The van der Waals surface area contributed by atoms with E-state index in [-0.39, 0.29) is 11.8 Å². The molecule has 0 radical (unpaired) electrons. The van der Waals surface area contributed by atoms with Crippen molar-refractivity contribution in [1.29, 1.82) is 0 Å². The molecule has 2 aromatic rings. The molecule has 0 bridgehead atoms. The molecule has 3 nitrogen and oxygen atoms in total. The number of halogens is 3. The number of hydrogen-bond donors (Lipinski definition) is 1. The molecule has 1 unspecified atom stereocenters. The minimum Gasteiger partial charge on any atom is -0.356 e. The van der Waals surface area contributed by atoms with Crippen molar-refractivity contribution in [3.63, 3.8) is 0 Å². The van der Waals surface area contributed by atoms with Crippen LogP contribution in [0, 0.1) is 17.8 Å². The van der Waals surface area contributed by atoms with Crippen molar-refractivity contribution in [1.82, 2.24) is 10.2 Å². The van der Waals surface area contributed by atoms with Crippen LogP contribution in [-0.4, -0.2) is 36.5 Å². The quantitative estimate of drug-likeness (QED) is 0.643. The highest BCUT2D eigenvalue weighted by Crippen LogP contribution is 2.53. The van der Waals surface area contributed by atoms with Gasteiger partial charge in [0.1, 0.15) is 0 Å². The van der Waals surface area contributed by atoms with E-state index in [2.05, 4.69) is 40.5 Å². The van der Waals surface area contributed by atoms with Crippen molar-refractivity contribution < 1.29 is 18.0 Å². The molecule has 2 aliphatic carbocycles. The molecule has 1 N–H and O–H groups in total. The summed E-state index contributed by atoms with van der Waals surface area (Å²) in [5.41, 5.74) is 1.42. The van der Waals surface area contributed by atoms with Gasteiger partial charge in [0, 0.05) is 31.6 Å². The van der Waals surface area contributed by atoms with Crippen LogP contribution < -0.4 is 5.32 Å². The van der Waals surface area contributed by atoms with Gasteiger partial charge >= 0.3 is 6.18 Å². The zero-order valence-corrected chi connectivity index (χ0v) is 18.7. The van der Waals surface area contributed by atoms with Crippen LogP contribution in [0.4, 0.5) is 13.2 Å². The molecule has 0 spiro atoms. The summed E-state index contributed by atoms with van der Waals surface area (Å²) in [6, 6.07) is 16.8. The first kappa shape index (κ1) is 22.5. The van der Waals surface area contributed by atoms with E-state index in [0.717, 1.165) is 19.2 Å². The fourth-order valence-corrected chi connectivity index (χ4v) is 6.10. The average Bonchev–Trinajstić information content (AvgIpc) is 3.33. The van der Waals surface area contributed by atoms with Crippen LogP contribution in [0.2, 0.25) is 0 Å². The SMILES string of the molecule is O=C(NCCc1cccc(C(F)(F)F)c1)C1[C@H]2CN(C3CCC(c4ccccc4)CC3)C[C@@H]12. The number of hydrogen-bond acceptors (Lipinski definition) is 2. The van der Waals surface area contributed by atoms with Crippen molar-refractivity contribution in [3.05, 3.63) is 71.3 Å². The molecule has 33 heavy (non-hydrogen) atoms. The molecule has 1 saturated heterocycles. The van der Waals surface area contributed by atoms with Gasteiger partial charge in [-0.15, -0.1) is 0 Å². The lowest BCUT2D eigenvalue weighted by atomic mass is 9.81. The maximum absolute atomic E-state index is 12.9. The van der Waals surface area contributed by atoms with E-state index in [1.807, 2.05) is 0 Å². The molecule has 2 saturated carbocycles. The standard InChI is InChI=1S/C27H31F3N2O/c28-27(29,30)21-8-4-5-18(15-21)13-14-31-26(33)25-23-16-32(17-24(23)25)22-11-9-20(10-12-22)19-6-2-1-3-7-19/h1-8,15,20,22-25H,9-14,16-17H2,(H,31,33)/t20?,22?,23-,24+,25?. The van der Waals surface area contributed by atoms with Gasteiger partial charge in [0.15, 0.2) is 0 Å². The number of rotatable bonds is 6. The Labute approximate surface area is 193 Å². The molecule has 3 atom stereocenters. The van der Waals surface area contributed by atoms with Crippen LogP contribution >= 0.6 is 0 Å². The van der Waals surface area contributed by atoms with Gasteiger partial charge in [0.05, 0.1) is 5.56 Å². The van der Waals surface area contributed by atoms with Crippen LogP contribution in [0.1, 0.15) is 48.3 Å². The lowest BCUT2D eigenvalue weighted by Crippen LogP contribution is -2.39. The van der Waals surface area contributed by atoms with Crippen LogP contribution in [-0.2, 0) is 17.4 Å². The van der Waals surface area contributed by atoms with E-state index in [1.54, 1.807) is 6.07 Å². The molecular formula is C27H31F3N2O. The molecule has 6 heteroatoms. The molecular weight excluding hydrogens is 425 g/mol. The maximum Gasteiger partial charge on any atom is 0.416 e. The number of benzene rings is 2. The van der Waals surface area contributed by atoms with Gasteiger partial charge < -0.3 is 5.32 Å². The van der Waals surface area contributed by atoms with Crippen LogP contribution in [0.15, 0.2) is 54.6 Å². The zero-order valence-electron chi connectivity index (χ0n) is 18.7. The number of nitrogens with one attached hydrogen (secondary N) is 1. The van der Waals surface area contributed by atoms with Gasteiger partial charge in [-0.1, -0.05) is 48.5 Å². The molecule has 3 aliphatic rings. The number of piperidine rings is 1. The minimum atomic E-state index is -4.34. The Morgan fingerprint density at radius 3 is 2.30 bits per heavy atom. The summed E-state index contributed by atoms with van der Waals surface area (Å²) >= 11 is 0. The molecule has 3 fully saturated rings. The third-order valence-electron chi connectivity index (χ3n) is 7.98. The minimum absolute atomic E-state index is 0.0735. The zero-order chi connectivity index (χ0) is 23.0. The third-order valence-corrected chi connectivity index (χ3v) is 7.98. The van der Waals surface area contributed by atoms with E-state index in [9.17, 15) is 18.0 Å². The number of carbonyl (C=O) groups excluding carboxylic acids is 1. The van der Waals surface area contributed by atoms with Gasteiger partial charge in [-0.05, 0) is 67.1 Å². The molecule has 1 heterocycles. The second-order valence-corrected chi connectivity index (χ2v) is 9.96. The van der Waals surface area contributed by atoms with E-state index in [0.29, 0.717) is 42.3 Å². The summed E-state index contributed by atoms with van der Waals surface area (Å²) in [7, 11) is 0. The number of fused-ring (bicyclic) bond motifs is 1. The Kier molecular flexibility index (Phi) is 6.21. The highest BCUT2D eigenvalue weighted by Gasteiger charge is 2.59. The van der Waals surface area contributed by atoms with Crippen LogP contribution in [0.25, 0.3) is 0 Å². The van der Waals surface area contributed by atoms with Crippen molar-refractivity contribution in [2.45, 2.75) is 50.2 Å². The smallest absolute Gasteiger partial charge is 0.356 e. The van der Waals surface area contributed by atoms with Crippen molar-refractivity contribution in [2.75, 3.05) is 19.6 Å². The summed E-state index contributed by atoms with van der Waals surface area (Å²) in [5.74, 6) is 1.73. The van der Waals surface area contributed by atoms with Gasteiger partial charge in [-0.25, -0.2) is 0 Å². The first-order chi connectivity index (χ1) is 15.9. The van der Waals surface area contributed by atoms with E-state index >= 15 is 0 Å². The largest absolute Gasteiger partial charge is 0.416 e. The number of carbonyl (C=O) groups is 1. The number of alkyl halides is 3. The third kappa shape index (κ3) is 4.96. The summed E-state index contributed by atoms with van der Waals surface area (Å²) in [6.45, 7) is 2.40. The molecule has 5 rings (SSSR count). The number of likely N-dealkylation sites (tertiary alicyclic amines) is 1. The second-order valence-electron chi connectivity index (χ2n) is 9.96. The second kappa shape index (κ2) is 9.13. The molecule has 2 aromatic carbocycles. The Hall–Kier alpha value is -2.34. The predicted octanol–water partition coefficient (Wildman–Crippen LogP) is 5.27. The summed E-state index contributed by atoms with van der Waals surface area (Å²) in [5, 5.41) is 2.96. The maximum atomic E-state index is 12.9. The van der Waals surface area contributed by atoms with Crippen molar-refractivity contribution >= 4 is 5.91 Å². The van der Waals surface area contributed by atoms with Crippen LogP contribution in [0.5, 0.6) is 0 Å². The lowest BCUT2D eigenvalue weighted by molar-refractivity contribution is -0.137. The summed E-state index contributed by atoms with van der Waals surface area (Å²) < 4.78 is 38.6. The summed E-state index contributed by atoms with van der Waals surface area (Å²) in [4.78, 5) is 15.2. The van der Waals surface area contributed by atoms with Gasteiger partial charge in [-0.2, -0.15) is 13.2 Å². The normalized spacial score (nSPS) is 29.5. The molecule has 1 aliphatic heterocycles. The monoisotopic (exact) mass is 456 g/mol. The van der Waals surface area contributed by atoms with Crippen LogP contribution in [0.3, 0.4) is 0 Å². The highest BCUT2D eigenvalue weighted by molar-refractivity contribution is 5.82. The number of nitrogens with zero attached hydrogens (tertiary/aromatic N) is 1. The lowest BCUT2D eigenvalue weighted by Gasteiger charge is -2.36. The van der Waals surface area contributed by atoms with E-state index in [1.165, 1.54) is 43.4 Å². The van der Waals surface area contributed by atoms with Crippen molar-refractivity contribution in [2.24, 2.45) is 17.8 Å². The Balaban J connectivity index is 1.04. The fraction of sp³-hybridized carbons (Fsp3) is 0.519. The first-order valence-electron chi connectivity index (χ1n) is 12.1. The van der Waals surface area contributed by atoms with Crippen molar-refractivity contribution in [3.8, 4) is 0 Å². The topological polar surface area (TPSA) is 32.3 Å². The molecule has 1 amide bonds. The Morgan fingerprint density at radius 1 is 0.939 bits per heavy atom. The van der Waals surface area contributed by atoms with Gasteiger partial charge in [0.25, 0.3) is 0 Å². The Morgan fingerprint density at radius 2 is 1.64 bits per heavy atom. The summed E-state index contributed by atoms with van der Waals surface area (Å²) in [6.07, 6.45) is 1.01. The molecule has 0 aromatic heterocycles.